The van der Waals surface area contributed by atoms with Crippen LogP contribution in [-0.2, 0) is 16.0 Å². The summed E-state index contributed by atoms with van der Waals surface area (Å²) in [6.07, 6.45) is 6.08. The molecule has 0 radical (unpaired) electrons. The number of hydrogen-bond acceptors (Lipinski definition) is 5. The van der Waals surface area contributed by atoms with Crippen molar-refractivity contribution in [2.24, 2.45) is 0 Å². The Balaban J connectivity index is 1.49. The van der Waals surface area contributed by atoms with Crippen LogP contribution in [0.15, 0.2) is 42.0 Å². The SMILES string of the molecule is O=C(CCCNC(=O)c1cccs1)OCCCc1ccncc1. The number of hydrogen-bond donors (Lipinski definition) is 1. The normalized spacial score (nSPS) is 10.3. The smallest absolute Gasteiger partial charge is 0.305 e. The molecule has 0 saturated heterocycles. The third kappa shape index (κ3) is 6.61. The third-order valence-corrected chi connectivity index (χ3v) is 4.08. The van der Waals surface area contributed by atoms with Crippen LogP contribution in [-0.4, -0.2) is 30.0 Å². The number of carbonyl (C=O) groups excluding carboxylic acids is 2. The van der Waals surface area contributed by atoms with Gasteiger partial charge in [-0.2, -0.15) is 0 Å². The van der Waals surface area contributed by atoms with Crippen LogP contribution in [0.1, 0.15) is 34.5 Å². The Kier molecular flexibility index (Phi) is 7.26. The van der Waals surface area contributed by atoms with Gasteiger partial charge < -0.3 is 10.1 Å². The summed E-state index contributed by atoms with van der Waals surface area (Å²) in [6.45, 7) is 0.894. The minimum atomic E-state index is -0.217. The highest BCUT2D eigenvalue weighted by atomic mass is 32.1. The van der Waals surface area contributed by atoms with E-state index in [1.54, 1.807) is 18.5 Å². The lowest BCUT2D eigenvalue weighted by molar-refractivity contribution is -0.143. The van der Waals surface area contributed by atoms with E-state index in [4.69, 9.17) is 4.74 Å². The zero-order valence-corrected chi connectivity index (χ0v) is 13.7. The number of pyridine rings is 1. The van der Waals surface area contributed by atoms with Gasteiger partial charge in [0.05, 0.1) is 11.5 Å². The number of aryl methyl sites for hydroxylation is 1. The Labute approximate surface area is 139 Å². The van der Waals surface area contributed by atoms with E-state index >= 15 is 0 Å². The van der Waals surface area contributed by atoms with E-state index in [0.29, 0.717) is 30.9 Å². The van der Waals surface area contributed by atoms with Gasteiger partial charge in [0.15, 0.2) is 0 Å². The van der Waals surface area contributed by atoms with E-state index in [9.17, 15) is 9.59 Å². The molecule has 0 atom stereocenters. The number of ether oxygens (including phenoxy) is 1. The highest BCUT2D eigenvalue weighted by Crippen LogP contribution is 2.07. The summed E-state index contributed by atoms with van der Waals surface area (Å²) in [5.74, 6) is -0.309. The number of nitrogens with one attached hydrogen (secondary N) is 1. The molecule has 6 heteroatoms. The van der Waals surface area contributed by atoms with Gasteiger partial charge in [-0.05, 0) is 48.4 Å². The van der Waals surface area contributed by atoms with Gasteiger partial charge in [-0.25, -0.2) is 0 Å². The number of esters is 1. The topological polar surface area (TPSA) is 68.3 Å². The van der Waals surface area contributed by atoms with Crippen LogP contribution in [0.5, 0.6) is 0 Å². The van der Waals surface area contributed by atoms with Crippen LogP contribution in [0.25, 0.3) is 0 Å². The molecular formula is C17H20N2O3S. The molecule has 23 heavy (non-hydrogen) atoms. The second-order valence-electron chi connectivity index (χ2n) is 5.02. The van der Waals surface area contributed by atoms with Gasteiger partial charge in [-0.3, -0.25) is 14.6 Å². The van der Waals surface area contributed by atoms with Crippen LogP contribution in [0.4, 0.5) is 0 Å². The molecule has 2 aromatic heterocycles. The first-order valence-corrected chi connectivity index (χ1v) is 8.50. The molecule has 0 aliphatic carbocycles. The Morgan fingerprint density at radius 3 is 2.74 bits per heavy atom. The molecule has 0 aliphatic heterocycles. The predicted octanol–water partition coefficient (Wildman–Crippen LogP) is 2.83. The molecule has 0 spiro atoms. The maximum Gasteiger partial charge on any atom is 0.305 e. The van der Waals surface area contributed by atoms with E-state index < -0.39 is 0 Å². The van der Waals surface area contributed by atoms with Crippen LogP contribution >= 0.6 is 11.3 Å². The molecule has 0 aliphatic rings. The summed E-state index contributed by atoms with van der Waals surface area (Å²) >= 11 is 1.40. The van der Waals surface area contributed by atoms with E-state index in [0.717, 1.165) is 12.8 Å². The summed E-state index contributed by atoms with van der Waals surface area (Å²) in [5.41, 5.74) is 1.19. The number of aromatic nitrogens is 1. The van der Waals surface area contributed by atoms with Gasteiger partial charge in [-0.1, -0.05) is 6.07 Å². The van der Waals surface area contributed by atoms with Gasteiger partial charge in [0, 0.05) is 25.4 Å². The molecule has 2 heterocycles. The monoisotopic (exact) mass is 332 g/mol. The number of amides is 1. The molecule has 0 fully saturated rings. The summed E-state index contributed by atoms with van der Waals surface area (Å²) in [6, 6.07) is 7.52. The predicted molar refractivity (Wildman–Crippen MR) is 89.4 cm³/mol. The molecule has 0 unspecified atom stereocenters. The zero-order valence-electron chi connectivity index (χ0n) is 12.9. The first-order chi connectivity index (χ1) is 11.3. The lowest BCUT2D eigenvalue weighted by Crippen LogP contribution is -2.24. The molecule has 0 aromatic carbocycles. The Morgan fingerprint density at radius 1 is 1.17 bits per heavy atom. The highest BCUT2D eigenvalue weighted by Gasteiger charge is 2.06. The van der Waals surface area contributed by atoms with Crippen molar-refractivity contribution in [3.8, 4) is 0 Å². The van der Waals surface area contributed by atoms with Crippen molar-refractivity contribution in [1.29, 1.82) is 0 Å². The first kappa shape index (κ1) is 17.1. The van der Waals surface area contributed by atoms with Crippen LogP contribution < -0.4 is 5.32 Å². The molecule has 1 amide bonds. The largest absolute Gasteiger partial charge is 0.466 e. The fourth-order valence-electron chi connectivity index (χ4n) is 2.01. The van der Waals surface area contributed by atoms with E-state index in [2.05, 4.69) is 10.3 Å². The second-order valence-corrected chi connectivity index (χ2v) is 5.96. The Hall–Kier alpha value is -2.21. The number of thiophene rings is 1. The van der Waals surface area contributed by atoms with Crippen molar-refractivity contribution in [1.82, 2.24) is 10.3 Å². The van der Waals surface area contributed by atoms with Gasteiger partial charge >= 0.3 is 5.97 Å². The number of nitrogens with zero attached hydrogens (tertiary/aromatic N) is 1. The third-order valence-electron chi connectivity index (χ3n) is 3.21. The minimum absolute atomic E-state index is 0.0919. The summed E-state index contributed by atoms with van der Waals surface area (Å²) in [5, 5.41) is 4.65. The molecule has 0 bridgehead atoms. The van der Waals surface area contributed by atoms with Crippen molar-refractivity contribution in [3.05, 3.63) is 52.5 Å². The molecule has 1 N–H and O–H groups in total. The van der Waals surface area contributed by atoms with Crippen molar-refractivity contribution in [3.63, 3.8) is 0 Å². The molecule has 2 rings (SSSR count). The maximum absolute atomic E-state index is 11.7. The standard InChI is InChI=1S/C17H20N2O3S/c20-16(22-12-2-4-14-7-10-18-11-8-14)6-1-9-19-17(21)15-5-3-13-23-15/h3,5,7-8,10-11,13H,1-2,4,6,9,12H2,(H,19,21). The zero-order chi connectivity index (χ0) is 16.3. The van der Waals surface area contributed by atoms with Gasteiger partial charge in [-0.15, -0.1) is 11.3 Å². The highest BCUT2D eigenvalue weighted by molar-refractivity contribution is 7.12. The van der Waals surface area contributed by atoms with E-state index in [1.165, 1.54) is 16.9 Å². The lowest BCUT2D eigenvalue weighted by atomic mass is 10.1. The minimum Gasteiger partial charge on any atom is -0.466 e. The van der Waals surface area contributed by atoms with Crippen molar-refractivity contribution < 1.29 is 14.3 Å². The maximum atomic E-state index is 11.7. The quantitative estimate of drug-likeness (QED) is 0.566. The molecule has 2 aromatic rings. The molecule has 0 saturated carbocycles. The Bertz CT molecular complexity index is 600. The summed E-state index contributed by atoms with van der Waals surface area (Å²) in [7, 11) is 0. The van der Waals surface area contributed by atoms with E-state index in [-0.39, 0.29) is 11.9 Å². The average molecular weight is 332 g/mol. The fraction of sp³-hybridized carbons (Fsp3) is 0.353. The lowest BCUT2D eigenvalue weighted by Gasteiger charge is -2.06. The molecular weight excluding hydrogens is 312 g/mol. The number of rotatable bonds is 9. The second kappa shape index (κ2) is 9.74. The Morgan fingerprint density at radius 2 is 2.00 bits per heavy atom. The van der Waals surface area contributed by atoms with E-state index in [1.807, 2.05) is 23.6 Å². The van der Waals surface area contributed by atoms with Crippen LogP contribution in [0, 0.1) is 0 Å². The van der Waals surface area contributed by atoms with Gasteiger partial charge in [0.25, 0.3) is 5.91 Å². The molecule has 5 nitrogen and oxygen atoms in total. The van der Waals surface area contributed by atoms with Crippen molar-refractivity contribution in [2.45, 2.75) is 25.7 Å². The molecule has 122 valence electrons. The van der Waals surface area contributed by atoms with Crippen molar-refractivity contribution >= 4 is 23.2 Å². The summed E-state index contributed by atoms with van der Waals surface area (Å²) in [4.78, 5) is 27.9. The van der Waals surface area contributed by atoms with Crippen LogP contribution in [0.3, 0.4) is 0 Å². The van der Waals surface area contributed by atoms with Crippen LogP contribution in [0.2, 0.25) is 0 Å². The average Bonchev–Trinajstić information content (AvgIpc) is 3.11. The fourth-order valence-corrected chi connectivity index (χ4v) is 2.65. The summed E-state index contributed by atoms with van der Waals surface area (Å²) < 4.78 is 5.18. The number of carbonyl (C=O) groups is 2. The first-order valence-electron chi connectivity index (χ1n) is 7.62. The van der Waals surface area contributed by atoms with Gasteiger partial charge in [0.1, 0.15) is 0 Å². The van der Waals surface area contributed by atoms with Crippen molar-refractivity contribution in [2.75, 3.05) is 13.2 Å². The van der Waals surface area contributed by atoms with Gasteiger partial charge in [0.2, 0.25) is 0 Å².